The van der Waals surface area contributed by atoms with Crippen LogP contribution in [0.1, 0.15) is 48.0 Å². The van der Waals surface area contributed by atoms with E-state index in [1.165, 1.54) is 19.3 Å². The zero-order valence-electron chi connectivity index (χ0n) is 13.7. The smallest absolute Gasteiger partial charge is 0.258 e. The third kappa shape index (κ3) is 4.32. The molecular formula is C18H21BrN4O. The fourth-order valence-electron chi connectivity index (χ4n) is 2.87. The van der Waals surface area contributed by atoms with E-state index in [0.29, 0.717) is 17.6 Å². The Morgan fingerprint density at radius 3 is 2.54 bits per heavy atom. The van der Waals surface area contributed by atoms with E-state index in [0.717, 1.165) is 28.6 Å². The van der Waals surface area contributed by atoms with Gasteiger partial charge in [-0.3, -0.25) is 4.79 Å². The van der Waals surface area contributed by atoms with Crippen LogP contribution in [0.4, 0.5) is 11.6 Å². The van der Waals surface area contributed by atoms with E-state index in [1.807, 2.05) is 25.1 Å². The quantitative estimate of drug-likeness (QED) is 0.806. The molecule has 5 nitrogen and oxygen atoms in total. The number of carbonyl (C=O) groups is 1. The lowest BCUT2D eigenvalue weighted by molar-refractivity contribution is 0.102. The van der Waals surface area contributed by atoms with Crippen molar-refractivity contribution >= 4 is 33.5 Å². The van der Waals surface area contributed by atoms with Crippen molar-refractivity contribution < 1.29 is 4.79 Å². The van der Waals surface area contributed by atoms with Crippen LogP contribution < -0.4 is 10.6 Å². The summed E-state index contributed by atoms with van der Waals surface area (Å²) in [5.41, 5.74) is 2.30. The maximum absolute atomic E-state index is 12.3. The number of halogens is 1. The number of aryl methyl sites for hydroxylation is 1. The number of anilines is 2. The molecule has 0 spiro atoms. The average Bonchev–Trinajstić information content (AvgIpc) is 2.59. The summed E-state index contributed by atoms with van der Waals surface area (Å²) in [6.07, 6.45) is 9.27. The largest absolute Gasteiger partial charge is 0.351 e. The molecule has 0 unspecified atom stereocenters. The molecule has 1 aliphatic rings. The molecule has 24 heavy (non-hydrogen) atoms. The van der Waals surface area contributed by atoms with Crippen molar-refractivity contribution in [1.29, 1.82) is 0 Å². The van der Waals surface area contributed by atoms with Crippen molar-refractivity contribution in [2.75, 3.05) is 10.6 Å². The maximum atomic E-state index is 12.3. The SMILES string of the molecule is Cc1ccc(NC(=O)c2cnc(NC3CCCCC3)nc2)c(Br)c1. The summed E-state index contributed by atoms with van der Waals surface area (Å²) < 4.78 is 0.854. The Morgan fingerprint density at radius 2 is 1.88 bits per heavy atom. The normalized spacial score (nSPS) is 15.1. The van der Waals surface area contributed by atoms with E-state index in [-0.39, 0.29) is 5.91 Å². The van der Waals surface area contributed by atoms with Gasteiger partial charge in [0.25, 0.3) is 5.91 Å². The molecule has 1 aromatic heterocycles. The van der Waals surface area contributed by atoms with Gasteiger partial charge in [-0.2, -0.15) is 0 Å². The Kier molecular flexibility index (Phi) is 5.45. The van der Waals surface area contributed by atoms with Crippen LogP contribution in [0.15, 0.2) is 35.1 Å². The minimum atomic E-state index is -0.219. The monoisotopic (exact) mass is 388 g/mol. The predicted octanol–water partition coefficient (Wildman–Crippen LogP) is 4.54. The van der Waals surface area contributed by atoms with Gasteiger partial charge in [0.1, 0.15) is 0 Å². The summed E-state index contributed by atoms with van der Waals surface area (Å²) >= 11 is 3.46. The van der Waals surface area contributed by atoms with Gasteiger partial charge >= 0.3 is 0 Å². The van der Waals surface area contributed by atoms with Crippen LogP contribution in [0.2, 0.25) is 0 Å². The van der Waals surface area contributed by atoms with Gasteiger partial charge in [-0.05, 0) is 53.4 Å². The van der Waals surface area contributed by atoms with E-state index in [4.69, 9.17) is 0 Å². The number of nitrogens with one attached hydrogen (secondary N) is 2. The van der Waals surface area contributed by atoms with Crippen molar-refractivity contribution in [1.82, 2.24) is 9.97 Å². The highest BCUT2D eigenvalue weighted by Gasteiger charge is 2.15. The number of amides is 1. The Hall–Kier alpha value is -1.95. The second-order valence-electron chi connectivity index (χ2n) is 6.21. The maximum Gasteiger partial charge on any atom is 0.258 e. The second-order valence-corrected chi connectivity index (χ2v) is 7.07. The number of benzene rings is 1. The summed E-state index contributed by atoms with van der Waals surface area (Å²) in [5.74, 6) is 0.374. The molecule has 3 rings (SSSR count). The van der Waals surface area contributed by atoms with Crippen LogP contribution in [-0.2, 0) is 0 Å². The Labute approximate surface area is 150 Å². The molecule has 1 heterocycles. The van der Waals surface area contributed by atoms with Gasteiger partial charge in [0.2, 0.25) is 5.95 Å². The van der Waals surface area contributed by atoms with Gasteiger partial charge in [-0.1, -0.05) is 25.3 Å². The first-order valence-corrected chi connectivity index (χ1v) is 9.07. The fourth-order valence-corrected chi connectivity index (χ4v) is 3.46. The summed E-state index contributed by atoms with van der Waals surface area (Å²) in [4.78, 5) is 20.9. The average molecular weight is 389 g/mol. The highest BCUT2D eigenvalue weighted by molar-refractivity contribution is 9.10. The van der Waals surface area contributed by atoms with E-state index in [2.05, 4.69) is 36.5 Å². The van der Waals surface area contributed by atoms with E-state index < -0.39 is 0 Å². The lowest BCUT2D eigenvalue weighted by Crippen LogP contribution is -2.23. The zero-order chi connectivity index (χ0) is 16.9. The molecule has 0 saturated heterocycles. The van der Waals surface area contributed by atoms with Crippen LogP contribution in [0.3, 0.4) is 0 Å². The van der Waals surface area contributed by atoms with E-state index >= 15 is 0 Å². The summed E-state index contributed by atoms with van der Waals surface area (Å²) in [5, 5.41) is 6.22. The van der Waals surface area contributed by atoms with Crippen LogP contribution in [0.25, 0.3) is 0 Å². The van der Waals surface area contributed by atoms with Crippen molar-refractivity contribution in [3.63, 3.8) is 0 Å². The minimum absolute atomic E-state index is 0.219. The molecule has 6 heteroatoms. The first-order valence-electron chi connectivity index (χ1n) is 8.28. The molecule has 1 amide bonds. The topological polar surface area (TPSA) is 66.9 Å². The molecule has 1 aromatic carbocycles. The molecule has 0 radical (unpaired) electrons. The molecule has 0 atom stereocenters. The molecular weight excluding hydrogens is 368 g/mol. The number of carbonyl (C=O) groups excluding carboxylic acids is 1. The van der Waals surface area contributed by atoms with Crippen molar-refractivity contribution in [3.8, 4) is 0 Å². The van der Waals surface area contributed by atoms with E-state index in [9.17, 15) is 4.79 Å². The Balaban J connectivity index is 1.62. The van der Waals surface area contributed by atoms with E-state index in [1.54, 1.807) is 12.4 Å². The molecule has 2 aromatic rings. The number of nitrogens with zero attached hydrogens (tertiary/aromatic N) is 2. The van der Waals surface area contributed by atoms with Gasteiger partial charge in [-0.25, -0.2) is 9.97 Å². The first kappa shape index (κ1) is 16.9. The summed E-state index contributed by atoms with van der Waals surface area (Å²) in [6, 6.07) is 6.23. The second kappa shape index (κ2) is 7.75. The number of aromatic nitrogens is 2. The third-order valence-corrected chi connectivity index (χ3v) is 4.88. The van der Waals surface area contributed by atoms with Crippen LogP contribution in [0, 0.1) is 6.92 Å². The summed E-state index contributed by atoms with van der Waals surface area (Å²) in [6.45, 7) is 2.00. The molecule has 1 aliphatic carbocycles. The predicted molar refractivity (Wildman–Crippen MR) is 99.4 cm³/mol. The molecule has 1 saturated carbocycles. The highest BCUT2D eigenvalue weighted by atomic mass is 79.9. The van der Waals surface area contributed by atoms with Crippen molar-refractivity contribution in [3.05, 3.63) is 46.2 Å². The lowest BCUT2D eigenvalue weighted by Gasteiger charge is -2.22. The zero-order valence-corrected chi connectivity index (χ0v) is 15.3. The standard InChI is InChI=1S/C18H21BrN4O/c1-12-7-8-16(15(19)9-12)23-17(24)13-10-20-18(21-11-13)22-14-5-3-2-4-6-14/h7-11,14H,2-6H2,1H3,(H,23,24)(H,20,21,22). The van der Waals surface area contributed by atoms with Gasteiger partial charge in [0.15, 0.2) is 0 Å². The number of hydrogen-bond acceptors (Lipinski definition) is 4. The van der Waals surface area contributed by atoms with Gasteiger partial charge in [0, 0.05) is 22.9 Å². The summed E-state index contributed by atoms with van der Waals surface area (Å²) in [7, 11) is 0. The van der Waals surface area contributed by atoms with Crippen LogP contribution in [0.5, 0.6) is 0 Å². The Morgan fingerprint density at radius 1 is 1.17 bits per heavy atom. The first-order chi connectivity index (χ1) is 11.6. The molecule has 0 aliphatic heterocycles. The minimum Gasteiger partial charge on any atom is -0.351 e. The fraction of sp³-hybridized carbons (Fsp3) is 0.389. The van der Waals surface area contributed by atoms with Gasteiger partial charge in [0.05, 0.1) is 11.3 Å². The lowest BCUT2D eigenvalue weighted by atomic mass is 9.96. The molecule has 126 valence electrons. The highest BCUT2D eigenvalue weighted by Crippen LogP contribution is 2.24. The van der Waals surface area contributed by atoms with Crippen molar-refractivity contribution in [2.45, 2.75) is 45.1 Å². The molecule has 2 N–H and O–H groups in total. The number of hydrogen-bond donors (Lipinski definition) is 2. The molecule has 1 fully saturated rings. The Bertz CT molecular complexity index is 711. The van der Waals surface area contributed by atoms with Crippen LogP contribution >= 0.6 is 15.9 Å². The third-order valence-electron chi connectivity index (χ3n) is 4.23. The van der Waals surface area contributed by atoms with Gasteiger partial charge in [-0.15, -0.1) is 0 Å². The number of rotatable bonds is 4. The van der Waals surface area contributed by atoms with Crippen LogP contribution in [-0.4, -0.2) is 21.9 Å². The van der Waals surface area contributed by atoms with Gasteiger partial charge < -0.3 is 10.6 Å². The van der Waals surface area contributed by atoms with Crippen molar-refractivity contribution in [2.24, 2.45) is 0 Å². The molecule has 0 bridgehead atoms.